The molecule has 25 heavy (non-hydrogen) atoms. The van der Waals surface area contributed by atoms with Gasteiger partial charge in [-0.2, -0.15) is 0 Å². The van der Waals surface area contributed by atoms with Crippen molar-refractivity contribution >= 4 is 17.7 Å². The van der Waals surface area contributed by atoms with E-state index in [9.17, 15) is 9.18 Å². The van der Waals surface area contributed by atoms with E-state index < -0.39 is 0 Å². The Morgan fingerprint density at radius 2 is 2.04 bits per heavy atom. The summed E-state index contributed by atoms with van der Waals surface area (Å²) < 4.78 is 14.9. The second-order valence-electron chi connectivity index (χ2n) is 5.92. The van der Waals surface area contributed by atoms with Crippen LogP contribution < -0.4 is 5.32 Å². The molecule has 0 aliphatic heterocycles. The summed E-state index contributed by atoms with van der Waals surface area (Å²) in [4.78, 5) is 19.2. The number of nitrogens with one attached hydrogen (secondary N) is 1. The minimum atomic E-state index is -0.311. The molecule has 0 saturated heterocycles. The molecule has 2 rings (SSSR count). The van der Waals surface area contributed by atoms with Crippen molar-refractivity contribution < 1.29 is 9.18 Å². The zero-order valence-electron chi connectivity index (χ0n) is 15.1. The summed E-state index contributed by atoms with van der Waals surface area (Å²) in [6.07, 6.45) is 3.45. The van der Waals surface area contributed by atoms with E-state index >= 15 is 0 Å². The van der Waals surface area contributed by atoms with Crippen LogP contribution in [0.2, 0.25) is 0 Å². The van der Waals surface area contributed by atoms with Crippen molar-refractivity contribution in [3.8, 4) is 5.69 Å². The van der Waals surface area contributed by atoms with E-state index in [4.69, 9.17) is 0 Å². The number of carbonyl (C=O) groups is 1. The van der Waals surface area contributed by atoms with Crippen molar-refractivity contribution in [2.75, 3.05) is 25.9 Å². The number of hydrogen-bond donors (Lipinski definition) is 1. The third-order valence-electron chi connectivity index (χ3n) is 4.05. The maximum atomic E-state index is 13.2. The summed E-state index contributed by atoms with van der Waals surface area (Å²) in [6.45, 7) is 8.68. The molecule has 0 bridgehead atoms. The summed E-state index contributed by atoms with van der Waals surface area (Å²) >= 11 is 1.44. The van der Waals surface area contributed by atoms with Gasteiger partial charge in [0.1, 0.15) is 11.5 Å². The minimum absolute atomic E-state index is 0.183. The smallest absolute Gasteiger partial charge is 0.270 e. The van der Waals surface area contributed by atoms with Crippen molar-refractivity contribution in [1.82, 2.24) is 19.8 Å². The fourth-order valence-corrected chi connectivity index (χ4v) is 3.21. The highest BCUT2D eigenvalue weighted by Gasteiger charge is 2.18. The van der Waals surface area contributed by atoms with Crippen LogP contribution in [-0.2, 0) is 0 Å². The first-order chi connectivity index (χ1) is 12.0. The largest absolute Gasteiger partial charge is 0.349 e. The summed E-state index contributed by atoms with van der Waals surface area (Å²) in [5.41, 5.74) is 1.16. The SMILES string of the molecule is CCN(CCNC(=O)c1cnc(SC)n1-c1ccc(F)cc1)C(C)C. The fourth-order valence-electron chi connectivity index (χ4n) is 2.66. The van der Waals surface area contributed by atoms with Crippen molar-refractivity contribution in [2.24, 2.45) is 0 Å². The second kappa shape index (κ2) is 9.01. The molecule has 0 saturated carbocycles. The lowest BCUT2D eigenvalue weighted by molar-refractivity contribution is 0.0938. The Labute approximate surface area is 152 Å². The Hall–Kier alpha value is -1.86. The van der Waals surface area contributed by atoms with Gasteiger partial charge in [0, 0.05) is 24.8 Å². The molecule has 0 fully saturated rings. The van der Waals surface area contributed by atoms with Gasteiger partial charge < -0.3 is 5.32 Å². The Morgan fingerprint density at radius 1 is 1.36 bits per heavy atom. The quantitative estimate of drug-likeness (QED) is 0.731. The number of halogens is 1. The molecule has 0 aliphatic rings. The molecule has 0 spiro atoms. The summed E-state index contributed by atoms with van der Waals surface area (Å²) in [7, 11) is 0. The van der Waals surface area contributed by atoms with E-state index in [1.54, 1.807) is 22.9 Å². The van der Waals surface area contributed by atoms with Gasteiger partial charge in [-0.15, -0.1) is 0 Å². The maximum Gasteiger partial charge on any atom is 0.270 e. The van der Waals surface area contributed by atoms with Crippen LogP contribution in [0.1, 0.15) is 31.3 Å². The maximum absolute atomic E-state index is 13.2. The molecular formula is C18H25FN4OS. The van der Waals surface area contributed by atoms with Crippen molar-refractivity contribution in [1.29, 1.82) is 0 Å². The highest BCUT2D eigenvalue weighted by Crippen LogP contribution is 2.22. The van der Waals surface area contributed by atoms with E-state index in [1.807, 2.05) is 6.26 Å². The average molecular weight is 364 g/mol. The third-order valence-corrected chi connectivity index (χ3v) is 4.70. The average Bonchev–Trinajstić information content (AvgIpc) is 3.03. The summed E-state index contributed by atoms with van der Waals surface area (Å²) in [5.74, 6) is -0.495. The van der Waals surface area contributed by atoms with Crippen LogP contribution in [0, 0.1) is 5.82 Å². The number of carbonyl (C=O) groups excluding carboxylic acids is 1. The summed E-state index contributed by atoms with van der Waals surface area (Å²) in [6, 6.07) is 6.48. The zero-order valence-corrected chi connectivity index (χ0v) is 15.9. The number of amides is 1. The van der Waals surface area contributed by atoms with Crippen LogP contribution in [0.5, 0.6) is 0 Å². The lowest BCUT2D eigenvalue weighted by Gasteiger charge is -2.24. The molecule has 0 atom stereocenters. The summed E-state index contributed by atoms with van der Waals surface area (Å²) in [5, 5.41) is 3.64. The van der Waals surface area contributed by atoms with E-state index in [0.717, 1.165) is 13.1 Å². The normalized spacial score (nSPS) is 11.3. The minimum Gasteiger partial charge on any atom is -0.349 e. The molecule has 2 aromatic rings. The van der Waals surface area contributed by atoms with Crippen molar-refractivity contribution in [3.63, 3.8) is 0 Å². The number of rotatable bonds is 8. The number of nitrogens with zero attached hydrogens (tertiary/aromatic N) is 3. The van der Waals surface area contributed by atoms with Gasteiger partial charge >= 0.3 is 0 Å². The second-order valence-corrected chi connectivity index (χ2v) is 6.69. The molecular weight excluding hydrogens is 339 g/mol. The van der Waals surface area contributed by atoms with Crippen LogP contribution in [0.25, 0.3) is 5.69 Å². The van der Waals surface area contributed by atoms with Gasteiger partial charge in [-0.3, -0.25) is 14.3 Å². The number of hydrogen-bond acceptors (Lipinski definition) is 4. The Bertz CT molecular complexity index is 700. The van der Waals surface area contributed by atoms with Gasteiger partial charge in [0.2, 0.25) is 0 Å². The van der Waals surface area contributed by atoms with Crippen molar-refractivity contribution in [3.05, 3.63) is 42.0 Å². The Balaban J connectivity index is 2.15. The molecule has 136 valence electrons. The molecule has 1 amide bonds. The van der Waals surface area contributed by atoms with Gasteiger partial charge in [-0.1, -0.05) is 18.7 Å². The van der Waals surface area contributed by atoms with Gasteiger partial charge in [0.25, 0.3) is 5.91 Å². The van der Waals surface area contributed by atoms with Crippen LogP contribution in [0.4, 0.5) is 4.39 Å². The first-order valence-electron chi connectivity index (χ1n) is 8.37. The Kier molecular flexibility index (Phi) is 7.01. The molecule has 1 aromatic heterocycles. The zero-order chi connectivity index (χ0) is 18.4. The van der Waals surface area contributed by atoms with E-state index in [2.05, 4.69) is 36.0 Å². The van der Waals surface area contributed by atoms with Gasteiger partial charge in [-0.25, -0.2) is 9.37 Å². The molecule has 0 unspecified atom stereocenters. The predicted octanol–water partition coefficient (Wildman–Crippen LogP) is 3.19. The number of aromatic nitrogens is 2. The fraction of sp³-hybridized carbons (Fsp3) is 0.444. The number of thioether (sulfide) groups is 1. The molecule has 0 aliphatic carbocycles. The van der Waals surface area contributed by atoms with Crippen LogP contribution in [0.3, 0.4) is 0 Å². The number of likely N-dealkylation sites (N-methyl/N-ethyl adjacent to an activating group) is 1. The predicted molar refractivity (Wildman–Crippen MR) is 100 cm³/mol. The molecule has 0 radical (unpaired) electrons. The van der Waals surface area contributed by atoms with Gasteiger partial charge in [-0.05, 0) is 50.9 Å². The van der Waals surface area contributed by atoms with E-state index in [-0.39, 0.29) is 11.7 Å². The highest BCUT2D eigenvalue weighted by atomic mass is 32.2. The van der Waals surface area contributed by atoms with Gasteiger partial charge in [0.15, 0.2) is 5.16 Å². The molecule has 5 nitrogen and oxygen atoms in total. The lowest BCUT2D eigenvalue weighted by atomic mass is 10.3. The first-order valence-corrected chi connectivity index (χ1v) is 9.60. The highest BCUT2D eigenvalue weighted by molar-refractivity contribution is 7.98. The molecule has 1 heterocycles. The van der Waals surface area contributed by atoms with Crippen molar-refractivity contribution in [2.45, 2.75) is 32.0 Å². The molecule has 7 heteroatoms. The van der Waals surface area contributed by atoms with Crippen LogP contribution in [0.15, 0.2) is 35.6 Å². The standard InChI is InChI=1S/C18H25FN4OS/c1-5-22(13(2)3)11-10-20-17(24)16-12-21-18(25-4)23(16)15-8-6-14(19)7-9-15/h6-9,12-13H,5,10-11H2,1-4H3,(H,20,24). The van der Waals surface area contributed by atoms with E-state index in [1.165, 1.54) is 23.9 Å². The third kappa shape index (κ3) is 4.83. The molecule has 1 N–H and O–H groups in total. The lowest BCUT2D eigenvalue weighted by Crippen LogP contribution is -2.38. The number of benzene rings is 1. The van der Waals surface area contributed by atoms with Crippen LogP contribution >= 0.6 is 11.8 Å². The number of imidazole rings is 1. The Morgan fingerprint density at radius 3 is 2.60 bits per heavy atom. The monoisotopic (exact) mass is 364 g/mol. The van der Waals surface area contributed by atoms with Gasteiger partial charge in [0.05, 0.1) is 6.20 Å². The van der Waals surface area contributed by atoms with Crippen LogP contribution in [-0.4, -0.2) is 52.3 Å². The first kappa shape index (κ1) is 19.5. The molecule has 1 aromatic carbocycles. The van der Waals surface area contributed by atoms with E-state index in [0.29, 0.717) is 29.1 Å². The topological polar surface area (TPSA) is 50.2 Å².